The molecule has 0 bridgehead atoms. The number of halogens is 1. The van der Waals surface area contributed by atoms with Gasteiger partial charge in [0.2, 0.25) is 0 Å². The van der Waals surface area contributed by atoms with E-state index in [0.717, 1.165) is 0 Å². The fourth-order valence-corrected chi connectivity index (χ4v) is 1.62. The van der Waals surface area contributed by atoms with Crippen LogP contribution in [0.5, 0.6) is 0 Å². The first-order valence-corrected chi connectivity index (χ1v) is 5.55. The molecule has 5 heteroatoms. The molecule has 0 aliphatic rings. The summed E-state index contributed by atoms with van der Waals surface area (Å²) in [5.74, 6) is 0. The van der Waals surface area contributed by atoms with Crippen molar-refractivity contribution in [2.24, 2.45) is 0 Å². The second-order valence-electron chi connectivity index (χ2n) is 3.47. The lowest BCUT2D eigenvalue weighted by Gasteiger charge is -2.16. The summed E-state index contributed by atoms with van der Waals surface area (Å²) >= 11 is 5.92. The van der Waals surface area contributed by atoms with Crippen molar-refractivity contribution in [3.05, 3.63) is 28.8 Å². The minimum Gasteiger partial charge on any atom is -0.382 e. The largest absolute Gasteiger partial charge is 0.382 e. The molecular weight excluding hydrogens is 240 g/mol. The third kappa shape index (κ3) is 3.90. The van der Waals surface area contributed by atoms with Gasteiger partial charge in [0.05, 0.1) is 29.0 Å². The molecule has 1 unspecified atom stereocenters. The molecule has 0 aliphatic heterocycles. The topological polar surface area (TPSA) is 54.3 Å². The molecule has 1 atom stereocenters. The molecule has 0 aliphatic carbocycles. The van der Waals surface area contributed by atoms with Crippen LogP contribution in [0.1, 0.15) is 5.56 Å². The molecule has 1 N–H and O–H groups in total. The lowest BCUT2D eigenvalue weighted by molar-refractivity contribution is 0.0365. The van der Waals surface area contributed by atoms with E-state index in [1.54, 1.807) is 26.4 Å². The number of hydrogen-bond donors (Lipinski definition) is 1. The van der Waals surface area contributed by atoms with Crippen molar-refractivity contribution >= 4 is 17.3 Å². The van der Waals surface area contributed by atoms with E-state index < -0.39 is 0 Å². The highest BCUT2D eigenvalue weighted by Crippen LogP contribution is 2.23. The summed E-state index contributed by atoms with van der Waals surface area (Å²) in [5, 5.41) is 12.6. The minimum atomic E-state index is -0.0643. The van der Waals surface area contributed by atoms with Crippen LogP contribution in [-0.2, 0) is 9.47 Å². The van der Waals surface area contributed by atoms with Gasteiger partial charge >= 0.3 is 0 Å². The van der Waals surface area contributed by atoms with E-state index in [4.69, 9.17) is 26.3 Å². The summed E-state index contributed by atoms with van der Waals surface area (Å²) in [6.07, 6.45) is -0.0643. The predicted molar refractivity (Wildman–Crippen MR) is 67.3 cm³/mol. The summed E-state index contributed by atoms with van der Waals surface area (Å²) in [4.78, 5) is 0. The number of anilines is 1. The van der Waals surface area contributed by atoms with Crippen molar-refractivity contribution in [3.63, 3.8) is 0 Å². The highest BCUT2D eigenvalue weighted by molar-refractivity contribution is 6.32. The van der Waals surface area contributed by atoms with Gasteiger partial charge in [-0.3, -0.25) is 0 Å². The molecule has 0 heterocycles. The third-order valence-electron chi connectivity index (χ3n) is 2.33. The second-order valence-corrected chi connectivity index (χ2v) is 3.88. The summed E-state index contributed by atoms with van der Waals surface area (Å²) in [5.41, 5.74) is 1.15. The third-order valence-corrected chi connectivity index (χ3v) is 2.65. The van der Waals surface area contributed by atoms with Crippen molar-refractivity contribution in [1.82, 2.24) is 0 Å². The highest BCUT2D eigenvalue weighted by Gasteiger charge is 2.09. The van der Waals surface area contributed by atoms with Gasteiger partial charge in [-0.15, -0.1) is 0 Å². The van der Waals surface area contributed by atoms with Crippen molar-refractivity contribution in [2.45, 2.75) is 6.10 Å². The standard InChI is InChI=1S/C12H15ClN2O2/c1-16-8-9(17-2)7-15-12-5-3-4-11(13)10(12)6-14/h3-5,9,15H,7-8H2,1-2H3. The van der Waals surface area contributed by atoms with E-state index in [2.05, 4.69) is 11.4 Å². The van der Waals surface area contributed by atoms with Gasteiger partial charge in [-0.25, -0.2) is 0 Å². The molecule has 0 amide bonds. The Morgan fingerprint density at radius 3 is 2.82 bits per heavy atom. The lowest BCUT2D eigenvalue weighted by atomic mass is 10.2. The molecule has 0 saturated carbocycles. The molecule has 1 aromatic carbocycles. The van der Waals surface area contributed by atoms with Gasteiger partial charge in [0, 0.05) is 20.8 Å². The number of rotatable bonds is 6. The van der Waals surface area contributed by atoms with Crippen LogP contribution in [0.2, 0.25) is 5.02 Å². The second kappa shape index (κ2) is 7.13. The van der Waals surface area contributed by atoms with Crippen LogP contribution in [0.15, 0.2) is 18.2 Å². The van der Waals surface area contributed by atoms with Crippen molar-refractivity contribution < 1.29 is 9.47 Å². The van der Waals surface area contributed by atoms with Crippen molar-refractivity contribution in [2.75, 3.05) is 32.7 Å². The van der Waals surface area contributed by atoms with Crippen LogP contribution in [0.4, 0.5) is 5.69 Å². The van der Waals surface area contributed by atoms with Crippen molar-refractivity contribution in [3.8, 4) is 6.07 Å². The zero-order valence-corrected chi connectivity index (χ0v) is 10.6. The first-order valence-electron chi connectivity index (χ1n) is 5.17. The molecule has 0 fully saturated rings. The van der Waals surface area contributed by atoms with E-state index in [-0.39, 0.29) is 6.10 Å². The average Bonchev–Trinajstić information content (AvgIpc) is 2.34. The van der Waals surface area contributed by atoms with Gasteiger partial charge in [-0.1, -0.05) is 17.7 Å². The van der Waals surface area contributed by atoms with Crippen molar-refractivity contribution in [1.29, 1.82) is 5.26 Å². The number of hydrogen-bond acceptors (Lipinski definition) is 4. The zero-order valence-electron chi connectivity index (χ0n) is 9.87. The van der Waals surface area contributed by atoms with Crippen LogP contribution >= 0.6 is 11.6 Å². The maximum atomic E-state index is 8.99. The summed E-state index contributed by atoms with van der Waals surface area (Å²) < 4.78 is 10.2. The first kappa shape index (κ1) is 13.8. The summed E-state index contributed by atoms with van der Waals surface area (Å²) in [7, 11) is 3.24. The van der Waals surface area contributed by atoms with E-state index in [1.807, 2.05) is 6.07 Å². The molecular formula is C12H15ClN2O2. The van der Waals surface area contributed by atoms with Gasteiger partial charge in [0.25, 0.3) is 0 Å². The van der Waals surface area contributed by atoms with Gasteiger partial charge < -0.3 is 14.8 Å². The molecule has 0 radical (unpaired) electrons. The van der Waals surface area contributed by atoms with E-state index in [1.165, 1.54) is 0 Å². The lowest BCUT2D eigenvalue weighted by Crippen LogP contribution is -2.26. The monoisotopic (exact) mass is 254 g/mol. The Morgan fingerprint density at radius 2 is 2.24 bits per heavy atom. The normalized spacial score (nSPS) is 11.9. The molecule has 17 heavy (non-hydrogen) atoms. The smallest absolute Gasteiger partial charge is 0.103 e. The quantitative estimate of drug-likeness (QED) is 0.846. The van der Waals surface area contributed by atoms with Gasteiger partial charge in [0.1, 0.15) is 6.07 Å². The van der Waals surface area contributed by atoms with Crippen LogP contribution in [-0.4, -0.2) is 33.5 Å². The van der Waals surface area contributed by atoms with Gasteiger partial charge in [0.15, 0.2) is 0 Å². The maximum absolute atomic E-state index is 8.99. The number of ether oxygens (including phenoxy) is 2. The molecule has 1 aromatic rings. The molecule has 0 spiro atoms. The van der Waals surface area contributed by atoms with Crippen LogP contribution in [0, 0.1) is 11.3 Å². The number of methoxy groups -OCH3 is 2. The first-order chi connectivity index (χ1) is 8.22. The summed E-state index contributed by atoms with van der Waals surface area (Å²) in [6, 6.07) is 7.36. The molecule has 4 nitrogen and oxygen atoms in total. The number of benzene rings is 1. The number of nitriles is 1. The predicted octanol–water partition coefficient (Wildman–Crippen LogP) is 2.28. The Hall–Kier alpha value is -1.28. The Bertz CT molecular complexity index is 404. The van der Waals surface area contributed by atoms with Crippen LogP contribution < -0.4 is 5.32 Å². The Kier molecular flexibility index (Phi) is 5.78. The minimum absolute atomic E-state index is 0.0643. The average molecular weight is 255 g/mol. The molecule has 0 aromatic heterocycles. The van der Waals surface area contributed by atoms with E-state index >= 15 is 0 Å². The number of nitrogens with one attached hydrogen (secondary N) is 1. The fraction of sp³-hybridized carbons (Fsp3) is 0.417. The van der Waals surface area contributed by atoms with E-state index in [0.29, 0.717) is 29.4 Å². The Balaban J connectivity index is 2.69. The van der Waals surface area contributed by atoms with Crippen LogP contribution in [0.25, 0.3) is 0 Å². The van der Waals surface area contributed by atoms with Crippen LogP contribution in [0.3, 0.4) is 0 Å². The Morgan fingerprint density at radius 1 is 1.47 bits per heavy atom. The Labute approximate surface area is 106 Å². The molecule has 92 valence electrons. The highest BCUT2D eigenvalue weighted by atomic mass is 35.5. The number of nitrogens with zero attached hydrogens (tertiary/aromatic N) is 1. The van der Waals surface area contributed by atoms with Gasteiger partial charge in [-0.2, -0.15) is 5.26 Å². The maximum Gasteiger partial charge on any atom is 0.103 e. The van der Waals surface area contributed by atoms with E-state index in [9.17, 15) is 0 Å². The molecule has 0 saturated heterocycles. The zero-order chi connectivity index (χ0) is 12.7. The SMILES string of the molecule is COCC(CNc1cccc(Cl)c1C#N)OC. The fourth-order valence-electron chi connectivity index (χ4n) is 1.41. The van der Waals surface area contributed by atoms with Gasteiger partial charge in [-0.05, 0) is 12.1 Å². The molecule has 1 rings (SSSR count). The summed E-state index contributed by atoms with van der Waals surface area (Å²) in [6.45, 7) is 1.05.